The number of rotatable bonds is 5. The van der Waals surface area contributed by atoms with Gasteiger partial charge in [-0.1, -0.05) is 32.0 Å². The van der Waals surface area contributed by atoms with Crippen molar-refractivity contribution in [1.29, 1.82) is 0 Å². The van der Waals surface area contributed by atoms with E-state index in [4.69, 9.17) is 0 Å². The first-order valence-corrected chi connectivity index (χ1v) is 10.8. The molecule has 1 aliphatic heterocycles. The van der Waals surface area contributed by atoms with Crippen molar-refractivity contribution in [3.8, 4) is 0 Å². The number of benzene rings is 2. The van der Waals surface area contributed by atoms with Gasteiger partial charge in [0.2, 0.25) is 5.91 Å². The van der Waals surface area contributed by atoms with Crippen LogP contribution in [0.4, 0.5) is 11.4 Å². The Balaban J connectivity index is 1.99. The van der Waals surface area contributed by atoms with Crippen molar-refractivity contribution in [1.82, 2.24) is 0 Å². The van der Waals surface area contributed by atoms with Gasteiger partial charge in [0.1, 0.15) is 0 Å². The second-order valence-corrected chi connectivity index (χ2v) is 8.68. The average molecular weight is 387 g/mol. The number of carbonyl (C=O) groups excluding carboxylic acids is 1. The normalized spacial score (nSPS) is 16.3. The Morgan fingerprint density at radius 2 is 1.78 bits per heavy atom. The van der Waals surface area contributed by atoms with E-state index in [1.54, 1.807) is 23.1 Å². The Hall–Kier alpha value is -2.34. The van der Waals surface area contributed by atoms with E-state index in [1.807, 2.05) is 39.0 Å². The second kappa shape index (κ2) is 7.35. The lowest BCUT2D eigenvalue weighted by molar-refractivity contribution is -0.116. The van der Waals surface area contributed by atoms with Gasteiger partial charge in [-0.05, 0) is 61.1 Å². The van der Waals surface area contributed by atoms with Gasteiger partial charge in [0.25, 0.3) is 10.0 Å². The summed E-state index contributed by atoms with van der Waals surface area (Å²) in [6.07, 6.45) is 2.16. The highest BCUT2D eigenvalue weighted by molar-refractivity contribution is 7.92. The number of nitrogens with one attached hydrogen (secondary N) is 1. The molecule has 0 aromatic heterocycles. The predicted molar refractivity (Wildman–Crippen MR) is 109 cm³/mol. The number of amides is 1. The summed E-state index contributed by atoms with van der Waals surface area (Å²) >= 11 is 0. The van der Waals surface area contributed by atoms with Gasteiger partial charge in [0.05, 0.1) is 10.6 Å². The highest BCUT2D eigenvalue weighted by Gasteiger charge is 2.30. The quantitative estimate of drug-likeness (QED) is 0.847. The number of carbonyl (C=O) groups is 1. The van der Waals surface area contributed by atoms with E-state index < -0.39 is 10.0 Å². The van der Waals surface area contributed by atoms with E-state index in [0.29, 0.717) is 12.1 Å². The molecule has 5 nitrogen and oxygen atoms in total. The molecular formula is C21H26N2O3S. The van der Waals surface area contributed by atoms with E-state index in [9.17, 15) is 13.2 Å². The van der Waals surface area contributed by atoms with Gasteiger partial charge in [-0.25, -0.2) is 8.42 Å². The molecule has 0 saturated heterocycles. The van der Waals surface area contributed by atoms with Crippen molar-refractivity contribution in [3.63, 3.8) is 0 Å². The molecule has 3 rings (SSSR count). The van der Waals surface area contributed by atoms with Crippen LogP contribution < -0.4 is 9.62 Å². The first-order chi connectivity index (χ1) is 12.8. The maximum atomic E-state index is 13.0. The molecule has 0 fully saturated rings. The van der Waals surface area contributed by atoms with Crippen molar-refractivity contribution in [3.05, 3.63) is 53.1 Å². The van der Waals surface area contributed by atoms with Gasteiger partial charge in [-0.2, -0.15) is 0 Å². The zero-order valence-electron chi connectivity index (χ0n) is 16.2. The van der Waals surface area contributed by atoms with Crippen molar-refractivity contribution in [2.24, 2.45) is 0 Å². The summed E-state index contributed by atoms with van der Waals surface area (Å²) in [6, 6.07) is 10.9. The van der Waals surface area contributed by atoms with Crippen LogP contribution in [0.5, 0.6) is 0 Å². The number of para-hydroxylation sites is 1. The molecule has 0 spiro atoms. The lowest BCUT2D eigenvalue weighted by Gasteiger charge is -2.20. The summed E-state index contributed by atoms with van der Waals surface area (Å²) < 4.78 is 28.9. The van der Waals surface area contributed by atoms with E-state index in [-0.39, 0.29) is 16.8 Å². The van der Waals surface area contributed by atoms with Crippen LogP contribution in [0.1, 0.15) is 44.4 Å². The first-order valence-electron chi connectivity index (χ1n) is 9.34. The molecule has 6 heteroatoms. The summed E-state index contributed by atoms with van der Waals surface area (Å²) in [4.78, 5) is 13.8. The monoisotopic (exact) mass is 386 g/mol. The maximum Gasteiger partial charge on any atom is 0.261 e. The SMILES string of the molecule is CCc1cccc(CC)c1NS(=O)(=O)c1ccc2c(c1)CC(C)N2C(C)=O. The van der Waals surface area contributed by atoms with E-state index in [2.05, 4.69) is 4.72 Å². The summed E-state index contributed by atoms with van der Waals surface area (Å²) in [6.45, 7) is 7.53. The molecule has 144 valence electrons. The van der Waals surface area contributed by atoms with Crippen molar-refractivity contribution in [2.45, 2.75) is 57.9 Å². The number of anilines is 2. The molecule has 0 saturated carbocycles. The lowest BCUT2D eigenvalue weighted by Crippen LogP contribution is -2.33. The average Bonchev–Trinajstić information content (AvgIpc) is 2.96. The van der Waals surface area contributed by atoms with Gasteiger partial charge < -0.3 is 4.90 Å². The van der Waals surface area contributed by atoms with Gasteiger partial charge >= 0.3 is 0 Å². The Morgan fingerprint density at radius 3 is 2.33 bits per heavy atom. The fourth-order valence-corrected chi connectivity index (χ4v) is 5.01. The van der Waals surface area contributed by atoms with Crippen LogP contribution in [0.15, 0.2) is 41.3 Å². The van der Waals surface area contributed by atoms with Gasteiger partial charge in [-0.15, -0.1) is 0 Å². The number of nitrogens with zero attached hydrogens (tertiary/aromatic N) is 1. The summed E-state index contributed by atoms with van der Waals surface area (Å²) in [5.74, 6) is -0.0283. The van der Waals surface area contributed by atoms with E-state index in [0.717, 1.165) is 35.2 Å². The van der Waals surface area contributed by atoms with Crippen LogP contribution in [0.2, 0.25) is 0 Å². The zero-order valence-corrected chi connectivity index (χ0v) is 17.1. The fraction of sp³-hybridized carbons (Fsp3) is 0.381. The minimum atomic E-state index is -3.71. The van der Waals surface area contributed by atoms with Crippen LogP contribution >= 0.6 is 0 Å². The minimum absolute atomic E-state index is 0.0283. The first kappa shape index (κ1) is 19.4. The van der Waals surface area contributed by atoms with Crippen LogP contribution in [0, 0.1) is 0 Å². The summed E-state index contributed by atoms with van der Waals surface area (Å²) in [7, 11) is -3.71. The molecular weight excluding hydrogens is 360 g/mol. The fourth-order valence-electron chi connectivity index (χ4n) is 3.82. The molecule has 1 atom stereocenters. The number of sulfonamides is 1. The van der Waals surface area contributed by atoms with E-state index >= 15 is 0 Å². The summed E-state index contributed by atoms with van der Waals surface area (Å²) in [5, 5.41) is 0. The lowest BCUT2D eigenvalue weighted by atomic mass is 10.0. The third kappa shape index (κ3) is 3.58. The minimum Gasteiger partial charge on any atom is -0.309 e. The molecule has 1 N–H and O–H groups in total. The molecule has 1 unspecified atom stereocenters. The van der Waals surface area contributed by atoms with Gasteiger partial charge in [0, 0.05) is 18.7 Å². The Bertz CT molecular complexity index is 961. The number of hydrogen-bond donors (Lipinski definition) is 1. The van der Waals surface area contributed by atoms with E-state index in [1.165, 1.54) is 6.92 Å². The molecule has 1 heterocycles. The molecule has 2 aromatic carbocycles. The van der Waals surface area contributed by atoms with Crippen molar-refractivity contribution < 1.29 is 13.2 Å². The smallest absolute Gasteiger partial charge is 0.261 e. The molecule has 2 aromatic rings. The Morgan fingerprint density at radius 1 is 1.15 bits per heavy atom. The molecule has 1 aliphatic rings. The molecule has 1 amide bonds. The third-order valence-electron chi connectivity index (χ3n) is 5.15. The topological polar surface area (TPSA) is 66.5 Å². The largest absolute Gasteiger partial charge is 0.309 e. The number of aryl methyl sites for hydroxylation is 2. The van der Waals surface area contributed by atoms with Crippen molar-refractivity contribution >= 4 is 27.3 Å². The van der Waals surface area contributed by atoms with Gasteiger partial charge in [0.15, 0.2) is 0 Å². The number of fused-ring (bicyclic) bond motifs is 1. The van der Waals surface area contributed by atoms with Crippen molar-refractivity contribution in [2.75, 3.05) is 9.62 Å². The standard InChI is InChI=1S/C21H26N2O3S/c1-5-16-8-7-9-17(6-2)21(16)22-27(25,26)19-10-11-20-18(13-19)12-14(3)23(20)15(4)24/h7-11,13-14,22H,5-6,12H2,1-4H3. The third-order valence-corrected chi connectivity index (χ3v) is 6.50. The molecule has 0 radical (unpaired) electrons. The Kier molecular flexibility index (Phi) is 5.29. The van der Waals surface area contributed by atoms with Gasteiger partial charge in [-0.3, -0.25) is 9.52 Å². The number of hydrogen-bond acceptors (Lipinski definition) is 3. The van der Waals surface area contributed by atoms with Crippen LogP contribution in [0.25, 0.3) is 0 Å². The van der Waals surface area contributed by atoms with Crippen LogP contribution in [-0.4, -0.2) is 20.4 Å². The van der Waals surface area contributed by atoms with Crippen LogP contribution in [-0.2, 0) is 34.1 Å². The Labute approximate surface area is 161 Å². The molecule has 0 bridgehead atoms. The predicted octanol–water partition coefficient (Wildman–Crippen LogP) is 3.91. The highest BCUT2D eigenvalue weighted by atomic mass is 32.2. The summed E-state index contributed by atoms with van der Waals surface area (Å²) in [5.41, 5.74) is 4.34. The highest BCUT2D eigenvalue weighted by Crippen LogP contribution is 2.34. The maximum absolute atomic E-state index is 13.0. The van der Waals surface area contributed by atoms with Crippen LogP contribution in [0.3, 0.4) is 0 Å². The second-order valence-electron chi connectivity index (χ2n) is 7.00. The zero-order chi connectivity index (χ0) is 19.8. The molecule has 27 heavy (non-hydrogen) atoms. The molecule has 0 aliphatic carbocycles.